The second kappa shape index (κ2) is 14.7. The number of carbonyl (C=O) groups excluding carboxylic acids is 2. The summed E-state index contributed by atoms with van der Waals surface area (Å²) in [5, 5.41) is 0. The van der Waals surface area contributed by atoms with Crippen LogP contribution in [0.3, 0.4) is 0 Å². The van der Waals surface area contributed by atoms with E-state index in [4.69, 9.17) is 0 Å². The Balaban J connectivity index is 1.81. The van der Waals surface area contributed by atoms with Crippen molar-refractivity contribution < 1.29 is 9.59 Å². The van der Waals surface area contributed by atoms with Crippen molar-refractivity contribution in [3.8, 4) is 0 Å². The van der Waals surface area contributed by atoms with E-state index in [0.29, 0.717) is 12.8 Å². The smallest absolute Gasteiger partial charge is 0.143 e. The van der Waals surface area contributed by atoms with Crippen LogP contribution in [0.5, 0.6) is 0 Å². The zero-order valence-corrected chi connectivity index (χ0v) is 16.1. The van der Waals surface area contributed by atoms with Gasteiger partial charge in [-0.1, -0.05) is 96.8 Å². The minimum Gasteiger partial charge on any atom is -0.299 e. The Morgan fingerprint density at radius 1 is 0.625 bits per heavy atom. The van der Waals surface area contributed by atoms with Gasteiger partial charge in [0.05, 0.1) is 5.92 Å². The molecular weight excluding hydrogens is 296 g/mol. The van der Waals surface area contributed by atoms with Crippen LogP contribution in [-0.2, 0) is 9.59 Å². The Morgan fingerprint density at radius 2 is 1.00 bits per heavy atom. The van der Waals surface area contributed by atoms with E-state index in [1.165, 1.54) is 83.5 Å². The number of hydrogen-bond donors (Lipinski definition) is 0. The van der Waals surface area contributed by atoms with Crippen molar-refractivity contribution in [3.05, 3.63) is 0 Å². The molecule has 0 aromatic carbocycles. The molecule has 1 aliphatic rings. The maximum Gasteiger partial charge on any atom is 0.143 e. The first-order valence-electron chi connectivity index (χ1n) is 10.8. The third-order valence-electron chi connectivity index (χ3n) is 5.47. The quantitative estimate of drug-likeness (QED) is 0.243. The summed E-state index contributed by atoms with van der Waals surface area (Å²) in [6, 6.07) is 0. The van der Waals surface area contributed by atoms with E-state index in [1.807, 2.05) is 0 Å². The second-order valence-electron chi connectivity index (χ2n) is 7.72. The van der Waals surface area contributed by atoms with Gasteiger partial charge in [-0.25, -0.2) is 0 Å². The predicted molar refractivity (Wildman–Crippen MR) is 102 cm³/mol. The molecule has 0 aliphatic heterocycles. The molecule has 0 aromatic heterocycles. The molecule has 1 aliphatic carbocycles. The Bertz CT molecular complexity index is 319. The molecule has 0 unspecified atom stereocenters. The Kier molecular flexibility index (Phi) is 13.1. The molecule has 0 radical (unpaired) electrons. The van der Waals surface area contributed by atoms with Crippen molar-refractivity contribution in [2.75, 3.05) is 0 Å². The van der Waals surface area contributed by atoms with E-state index in [-0.39, 0.29) is 17.5 Å². The zero-order valence-electron chi connectivity index (χ0n) is 16.1. The summed E-state index contributed by atoms with van der Waals surface area (Å²) in [5.41, 5.74) is 0. The van der Waals surface area contributed by atoms with E-state index < -0.39 is 0 Å². The summed E-state index contributed by atoms with van der Waals surface area (Å²) in [6.07, 6.45) is 21.7. The Labute approximate surface area is 150 Å². The van der Waals surface area contributed by atoms with Crippen LogP contribution in [0.2, 0.25) is 0 Å². The van der Waals surface area contributed by atoms with Crippen LogP contribution in [0.15, 0.2) is 0 Å². The van der Waals surface area contributed by atoms with Crippen LogP contribution in [-0.4, -0.2) is 11.6 Å². The van der Waals surface area contributed by atoms with Crippen LogP contribution < -0.4 is 0 Å². The zero-order chi connectivity index (χ0) is 17.5. The highest BCUT2D eigenvalue weighted by molar-refractivity contribution is 6.04. The normalized spacial score (nSPS) is 16.0. The molecule has 0 amide bonds. The fourth-order valence-electron chi connectivity index (χ4n) is 3.83. The van der Waals surface area contributed by atoms with E-state index >= 15 is 0 Å². The van der Waals surface area contributed by atoms with Crippen LogP contribution in [0.25, 0.3) is 0 Å². The molecule has 0 heterocycles. The van der Waals surface area contributed by atoms with Crippen molar-refractivity contribution in [3.63, 3.8) is 0 Å². The van der Waals surface area contributed by atoms with Crippen LogP contribution in [0.1, 0.15) is 122 Å². The summed E-state index contributed by atoms with van der Waals surface area (Å²) in [4.78, 5) is 23.5. The van der Waals surface area contributed by atoms with Gasteiger partial charge in [-0.2, -0.15) is 0 Å². The van der Waals surface area contributed by atoms with Gasteiger partial charge >= 0.3 is 0 Å². The summed E-state index contributed by atoms with van der Waals surface area (Å²) in [6.45, 7) is 2.27. The van der Waals surface area contributed by atoms with Crippen molar-refractivity contribution in [2.24, 2.45) is 5.92 Å². The maximum atomic E-state index is 11.7. The third kappa shape index (κ3) is 10.3. The van der Waals surface area contributed by atoms with Crippen molar-refractivity contribution in [1.82, 2.24) is 0 Å². The third-order valence-corrected chi connectivity index (χ3v) is 5.47. The molecule has 0 saturated heterocycles. The van der Waals surface area contributed by atoms with Gasteiger partial charge in [-0.15, -0.1) is 0 Å². The molecule has 2 heteroatoms. The summed E-state index contributed by atoms with van der Waals surface area (Å²) >= 11 is 0. The number of Topliss-reactive ketones (excluding diaryl/α,β-unsaturated/α-hetero) is 2. The number of ketones is 2. The SMILES string of the molecule is CCCCCCCCCCCCCCCCC1C(=O)CCCC1=O. The van der Waals surface area contributed by atoms with E-state index in [0.717, 1.165) is 19.3 Å². The topological polar surface area (TPSA) is 34.1 Å². The number of rotatable bonds is 15. The molecule has 2 nitrogen and oxygen atoms in total. The van der Waals surface area contributed by atoms with Crippen LogP contribution in [0.4, 0.5) is 0 Å². The molecule has 0 bridgehead atoms. The largest absolute Gasteiger partial charge is 0.299 e. The first-order chi connectivity index (χ1) is 11.8. The molecule has 140 valence electrons. The van der Waals surface area contributed by atoms with Crippen molar-refractivity contribution in [1.29, 1.82) is 0 Å². The maximum absolute atomic E-state index is 11.7. The van der Waals surface area contributed by atoms with Crippen molar-refractivity contribution >= 4 is 11.6 Å². The molecule has 0 spiro atoms. The minimum absolute atomic E-state index is 0.209. The summed E-state index contributed by atoms with van der Waals surface area (Å²) in [5.74, 6) is 0.179. The highest BCUT2D eigenvalue weighted by Crippen LogP contribution is 2.23. The number of hydrogen-bond acceptors (Lipinski definition) is 2. The minimum atomic E-state index is -0.240. The van der Waals surface area contributed by atoms with Crippen LogP contribution in [0, 0.1) is 5.92 Å². The van der Waals surface area contributed by atoms with Crippen molar-refractivity contribution in [2.45, 2.75) is 122 Å². The molecule has 1 fully saturated rings. The van der Waals surface area contributed by atoms with Gasteiger partial charge < -0.3 is 0 Å². The lowest BCUT2D eigenvalue weighted by Gasteiger charge is -2.18. The van der Waals surface area contributed by atoms with Gasteiger partial charge in [0.1, 0.15) is 11.6 Å². The van der Waals surface area contributed by atoms with Gasteiger partial charge in [-0.05, 0) is 12.8 Å². The summed E-state index contributed by atoms with van der Waals surface area (Å²) < 4.78 is 0. The monoisotopic (exact) mass is 336 g/mol. The fraction of sp³-hybridized carbons (Fsp3) is 0.909. The van der Waals surface area contributed by atoms with Gasteiger partial charge in [0.2, 0.25) is 0 Å². The first-order valence-corrected chi connectivity index (χ1v) is 10.8. The average molecular weight is 337 g/mol. The van der Waals surface area contributed by atoms with E-state index in [2.05, 4.69) is 6.92 Å². The molecule has 1 saturated carbocycles. The molecule has 0 aromatic rings. The predicted octanol–water partition coefficient (Wildman–Crippen LogP) is 6.80. The van der Waals surface area contributed by atoms with Crippen LogP contribution >= 0.6 is 0 Å². The average Bonchev–Trinajstić information content (AvgIpc) is 2.57. The molecular formula is C22H40O2. The molecule has 24 heavy (non-hydrogen) atoms. The molecule has 0 N–H and O–H groups in total. The Morgan fingerprint density at radius 3 is 1.42 bits per heavy atom. The number of unbranched alkanes of at least 4 members (excludes halogenated alkanes) is 13. The lowest BCUT2D eigenvalue weighted by Crippen LogP contribution is -2.28. The van der Waals surface area contributed by atoms with Gasteiger partial charge in [0, 0.05) is 12.8 Å². The Hall–Kier alpha value is -0.660. The highest BCUT2D eigenvalue weighted by Gasteiger charge is 2.28. The summed E-state index contributed by atoms with van der Waals surface area (Å²) in [7, 11) is 0. The van der Waals surface area contributed by atoms with Gasteiger partial charge in [-0.3, -0.25) is 9.59 Å². The number of carbonyl (C=O) groups is 2. The van der Waals surface area contributed by atoms with Gasteiger partial charge in [0.15, 0.2) is 0 Å². The standard InChI is InChI=1S/C22H40O2/c1-2-3-4-5-6-7-8-9-10-11-12-13-14-15-17-20-21(23)18-16-19-22(20)24/h20H,2-19H2,1H3. The molecule has 0 atom stereocenters. The first kappa shape index (κ1) is 21.4. The highest BCUT2D eigenvalue weighted by atomic mass is 16.2. The lowest BCUT2D eigenvalue weighted by atomic mass is 9.83. The van der Waals surface area contributed by atoms with E-state index in [9.17, 15) is 9.59 Å². The lowest BCUT2D eigenvalue weighted by molar-refractivity contribution is -0.135. The fourth-order valence-corrected chi connectivity index (χ4v) is 3.83. The van der Waals surface area contributed by atoms with E-state index in [1.54, 1.807) is 0 Å². The second-order valence-corrected chi connectivity index (χ2v) is 7.72. The molecule has 1 rings (SSSR count). The van der Waals surface area contributed by atoms with Gasteiger partial charge in [0.25, 0.3) is 0 Å².